The Morgan fingerprint density at radius 2 is 2.00 bits per heavy atom. The number of carbonyl (C=O) groups is 1. The molecule has 1 N–H and O–H groups in total. The Kier molecular flexibility index (Phi) is 9.04. The molecule has 1 aromatic rings. The van der Waals surface area contributed by atoms with Gasteiger partial charge in [0.05, 0.1) is 0 Å². The Morgan fingerprint density at radius 1 is 1.33 bits per heavy atom. The van der Waals surface area contributed by atoms with E-state index < -0.39 is 0 Å². The molecule has 0 aliphatic heterocycles. The molecule has 21 heavy (non-hydrogen) atoms. The highest BCUT2D eigenvalue weighted by Crippen LogP contribution is 2.21. The summed E-state index contributed by atoms with van der Waals surface area (Å²) in [4.78, 5) is 15.2. The van der Waals surface area contributed by atoms with Crippen LogP contribution in [0.1, 0.15) is 26.2 Å². The standard InChI is InChI=1S/C16H25BrN2OS/c1-13(10-11-19(2)3)18-16(20)5-4-12-21-15-8-6-14(17)7-9-15/h6-9,13H,4-5,10-12H2,1-3H3,(H,18,20). The van der Waals surface area contributed by atoms with Gasteiger partial charge in [0.2, 0.25) is 5.91 Å². The van der Waals surface area contributed by atoms with Crippen molar-refractivity contribution in [1.29, 1.82) is 0 Å². The fourth-order valence-corrected chi connectivity index (χ4v) is 2.94. The average Bonchev–Trinajstić information content (AvgIpc) is 2.43. The van der Waals surface area contributed by atoms with Crippen molar-refractivity contribution in [3.8, 4) is 0 Å². The van der Waals surface area contributed by atoms with Crippen molar-refractivity contribution in [3.05, 3.63) is 28.7 Å². The molecule has 1 aromatic carbocycles. The number of nitrogens with one attached hydrogen (secondary N) is 1. The maximum atomic E-state index is 11.8. The Balaban J connectivity index is 2.11. The van der Waals surface area contributed by atoms with Crippen molar-refractivity contribution < 1.29 is 4.79 Å². The number of amides is 1. The molecule has 0 aliphatic rings. The van der Waals surface area contributed by atoms with Crippen molar-refractivity contribution in [3.63, 3.8) is 0 Å². The third-order valence-electron chi connectivity index (χ3n) is 3.05. The van der Waals surface area contributed by atoms with Gasteiger partial charge < -0.3 is 10.2 Å². The molecule has 0 saturated heterocycles. The summed E-state index contributed by atoms with van der Waals surface area (Å²) < 4.78 is 1.10. The van der Waals surface area contributed by atoms with Crippen molar-refractivity contribution >= 4 is 33.6 Å². The zero-order valence-corrected chi connectivity index (χ0v) is 15.5. The van der Waals surface area contributed by atoms with E-state index in [1.807, 2.05) is 26.2 Å². The SMILES string of the molecule is CC(CCN(C)C)NC(=O)CCCSc1ccc(Br)cc1. The first-order chi connectivity index (χ1) is 9.97. The molecule has 118 valence electrons. The minimum Gasteiger partial charge on any atom is -0.354 e. The molecule has 0 aliphatic carbocycles. The molecule has 3 nitrogen and oxygen atoms in total. The Bertz CT molecular complexity index is 423. The van der Waals surface area contributed by atoms with E-state index in [4.69, 9.17) is 0 Å². The molecule has 0 aromatic heterocycles. The topological polar surface area (TPSA) is 32.3 Å². The fraction of sp³-hybridized carbons (Fsp3) is 0.562. The van der Waals surface area contributed by atoms with Gasteiger partial charge in [0.15, 0.2) is 0 Å². The van der Waals surface area contributed by atoms with Gasteiger partial charge in [-0.1, -0.05) is 15.9 Å². The smallest absolute Gasteiger partial charge is 0.220 e. The maximum Gasteiger partial charge on any atom is 0.220 e. The summed E-state index contributed by atoms with van der Waals surface area (Å²) in [6, 6.07) is 8.53. The number of thioether (sulfide) groups is 1. The number of hydrogen-bond acceptors (Lipinski definition) is 3. The van der Waals surface area contributed by atoms with Crippen LogP contribution in [0.2, 0.25) is 0 Å². The molecule has 5 heteroatoms. The Labute approximate surface area is 141 Å². The molecular weight excluding hydrogens is 348 g/mol. The molecule has 1 atom stereocenters. The zero-order chi connectivity index (χ0) is 15.7. The van der Waals surface area contributed by atoms with E-state index in [2.05, 4.69) is 45.2 Å². The molecule has 0 fully saturated rings. The average molecular weight is 373 g/mol. The Morgan fingerprint density at radius 3 is 2.62 bits per heavy atom. The zero-order valence-electron chi connectivity index (χ0n) is 13.1. The first kappa shape index (κ1) is 18.5. The van der Waals surface area contributed by atoms with Gasteiger partial charge in [0.1, 0.15) is 0 Å². The van der Waals surface area contributed by atoms with Crippen molar-refractivity contribution in [2.24, 2.45) is 0 Å². The summed E-state index contributed by atoms with van der Waals surface area (Å²) in [6.07, 6.45) is 2.51. The second-order valence-corrected chi connectivity index (χ2v) is 7.55. The third-order valence-corrected chi connectivity index (χ3v) is 4.67. The minimum atomic E-state index is 0.165. The highest BCUT2D eigenvalue weighted by molar-refractivity contribution is 9.10. The normalized spacial score (nSPS) is 12.4. The second kappa shape index (κ2) is 10.2. The van der Waals surface area contributed by atoms with Gasteiger partial charge >= 0.3 is 0 Å². The number of halogens is 1. The predicted molar refractivity (Wildman–Crippen MR) is 94.9 cm³/mol. The van der Waals surface area contributed by atoms with Crippen LogP contribution < -0.4 is 5.32 Å². The summed E-state index contributed by atoms with van der Waals surface area (Å²) in [6.45, 7) is 3.07. The molecule has 1 unspecified atom stereocenters. The van der Waals surface area contributed by atoms with Gasteiger partial charge in [0, 0.05) is 21.8 Å². The lowest BCUT2D eigenvalue weighted by Crippen LogP contribution is -2.34. The number of nitrogens with zero attached hydrogens (tertiary/aromatic N) is 1. The van der Waals surface area contributed by atoms with Crippen LogP contribution in [0.15, 0.2) is 33.6 Å². The van der Waals surface area contributed by atoms with Gasteiger partial charge in [-0.3, -0.25) is 4.79 Å². The second-order valence-electron chi connectivity index (χ2n) is 5.47. The maximum absolute atomic E-state index is 11.8. The number of rotatable bonds is 9. The fourth-order valence-electron chi connectivity index (χ4n) is 1.82. The minimum absolute atomic E-state index is 0.165. The van der Waals surface area contributed by atoms with Gasteiger partial charge in [-0.05, 0) is 70.4 Å². The molecular formula is C16H25BrN2OS. The van der Waals surface area contributed by atoms with Crippen LogP contribution in [-0.2, 0) is 4.79 Å². The van der Waals surface area contributed by atoms with Crippen LogP contribution in [0.5, 0.6) is 0 Å². The van der Waals surface area contributed by atoms with E-state index in [1.165, 1.54) is 4.90 Å². The van der Waals surface area contributed by atoms with Gasteiger partial charge in [-0.15, -0.1) is 11.8 Å². The summed E-state index contributed by atoms with van der Waals surface area (Å²) in [5, 5.41) is 3.06. The van der Waals surface area contributed by atoms with Gasteiger partial charge in [-0.25, -0.2) is 0 Å². The first-order valence-electron chi connectivity index (χ1n) is 7.30. The summed E-state index contributed by atoms with van der Waals surface area (Å²) in [5.74, 6) is 1.14. The Hall–Kier alpha value is -0.520. The van der Waals surface area contributed by atoms with Crippen LogP contribution in [-0.4, -0.2) is 43.2 Å². The van der Waals surface area contributed by atoms with Crippen molar-refractivity contribution in [2.45, 2.75) is 37.1 Å². The lowest BCUT2D eigenvalue weighted by molar-refractivity contribution is -0.121. The highest BCUT2D eigenvalue weighted by Gasteiger charge is 2.07. The summed E-state index contributed by atoms with van der Waals surface area (Å²) >= 11 is 5.22. The van der Waals surface area contributed by atoms with Crippen LogP contribution >= 0.6 is 27.7 Å². The lowest BCUT2D eigenvalue weighted by Gasteiger charge is -2.16. The molecule has 0 bridgehead atoms. The third kappa shape index (κ3) is 9.17. The molecule has 1 rings (SSSR count). The van der Waals surface area contributed by atoms with E-state index in [1.54, 1.807) is 11.8 Å². The monoisotopic (exact) mass is 372 g/mol. The van der Waals surface area contributed by atoms with E-state index in [-0.39, 0.29) is 11.9 Å². The highest BCUT2D eigenvalue weighted by atomic mass is 79.9. The molecule has 0 radical (unpaired) electrons. The van der Waals surface area contributed by atoms with E-state index >= 15 is 0 Å². The van der Waals surface area contributed by atoms with E-state index in [9.17, 15) is 4.79 Å². The summed E-state index contributed by atoms with van der Waals surface area (Å²) in [7, 11) is 4.10. The quantitative estimate of drug-likeness (QED) is 0.528. The largest absolute Gasteiger partial charge is 0.354 e. The molecule has 0 heterocycles. The van der Waals surface area contributed by atoms with Gasteiger partial charge in [-0.2, -0.15) is 0 Å². The first-order valence-corrected chi connectivity index (χ1v) is 9.07. The lowest BCUT2D eigenvalue weighted by atomic mass is 10.2. The number of hydrogen-bond donors (Lipinski definition) is 1. The predicted octanol–water partition coefficient (Wildman–Crippen LogP) is 3.78. The number of carbonyl (C=O) groups excluding carboxylic acids is 1. The van der Waals surface area contributed by atoms with Gasteiger partial charge in [0.25, 0.3) is 0 Å². The van der Waals surface area contributed by atoms with Crippen molar-refractivity contribution in [1.82, 2.24) is 10.2 Å². The molecule has 1 amide bonds. The van der Waals surface area contributed by atoms with Crippen LogP contribution in [0, 0.1) is 0 Å². The van der Waals surface area contributed by atoms with E-state index in [0.29, 0.717) is 6.42 Å². The number of benzene rings is 1. The van der Waals surface area contributed by atoms with Crippen LogP contribution in [0.25, 0.3) is 0 Å². The molecule has 0 saturated carbocycles. The van der Waals surface area contributed by atoms with E-state index in [0.717, 1.165) is 29.6 Å². The molecule has 0 spiro atoms. The van der Waals surface area contributed by atoms with Crippen LogP contribution in [0.4, 0.5) is 0 Å². The van der Waals surface area contributed by atoms with Crippen molar-refractivity contribution in [2.75, 3.05) is 26.4 Å². The van der Waals surface area contributed by atoms with Crippen LogP contribution in [0.3, 0.4) is 0 Å². The summed E-state index contributed by atoms with van der Waals surface area (Å²) in [5.41, 5.74) is 0.